The molecular weight excluding hydrogens is 454 g/mol. The lowest BCUT2D eigenvalue weighted by Gasteiger charge is -2.34. The molecule has 3 unspecified atom stereocenters. The van der Waals surface area contributed by atoms with Crippen LogP contribution in [0.1, 0.15) is 50.2 Å². The van der Waals surface area contributed by atoms with E-state index in [0.717, 1.165) is 36.8 Å². The number of fused-ring (bicyclic) bond motifs is 1. The number of aryl methyl sites for hydroxylation is 1. The molecule has 0 aromatic heterocycles. The molecule has 2 aromatic rings. The van der Waals surface area contributed by atoms with E-state index in [2.05, 4.69) is 0 Å². The minimum atomic E-state index is -4.13. The number of nitrogens with zero attached hydrogens (tertiary/aromatic N) is 1. The Morgan fingerprint density at radius 1 is 1.03 bits per heavy atom. The summed E-state index contributed by atoms with van der Waals surface area (Å²) in [5.41, 5.74) is 1.78. The molecule has 34 heavy (non-hydrogen) atoms. The molecule has 182 valence electrons. The number of likely N-dealkylation sites (tertiary alicyclic amines) is 1. The summed E-state index contributed by atoms with van der Waals surface area (Å²) >= 11 is 0. The zero-order chi connectivity index (χ0) is 24.3. The van der Waals surface area contributed by atoms with Crippen LogP contribution in [-0.2, 0) is 35.2 Å². The second-order valence-electron chi connectivity index (χ2n) is 9.21. The minimum Gasteiger partial charge on any atom is -0.459 e. The van der Waals surface area contributed by atoms with Gasteiger partial charge in [0, 0.05) is 6.04 Å². The normalized spacial score (nSPS) is 23.2. The highest BCUT2D eigenvalue weighted by atomic mass is 32.2. The van der Waals surface area contributed by atoms with Crippen molar-refractivity contribution in [3.63, 3.8) is 0 Å². The van der Waals surface area contributed by atoms with E-state index in [9.17, 15) is 18.0 Å². The molecule has 0 N–H and O–H groups in total. The fraction of sp³-hybridized carbons (Fsp3) is 0.462. The van der Waals surface area contributed by atoms with Crippen molar-refractivity contribution in [1.29, 1.82) is 0 Å². The molecule has 2 fully saturated rings. The lowest BCUT2D eigenvalue weighted by Crippen LogP contribution is -2.50. The first kappa shape index (κ1) is 24.4. The molecule has 1 heterocycles. The summed E-state index contributed by atoms with van der Waals surface area (Å²) in [6.45, 7) is 3.41. The molecule has 8 heteroatoms. The number of rotatable bonds is 7. The average molecular weight is 486 g/mol. The molecule has 0 spiro atoms. The molecule has 2 aliphatic rings. The second-order valence-corrected chi connectivity index (χ2v) is 10.8. The SMILES string of the molecule is Cc1ccc(S(=O)(=O)O[C@H](C)C(=O)N2C(C(=O)OCc3ccccc3)CC3CCCCC32)cc1. The maximum absolute atomic E-state index is 13.5. The fourth-order valence-electron chi connectivity index (χ4n) is 5.01. The largest absolute Gasteiger partial charge is 0.459 e. The molecule has 1 aliphatic heterocycles. The Morgan fingerprint density at radius 2 is 1.71 bits per heavy atom. The predicted molar refractivity (Wildman–Crippen MR) is 126 cm³/mol. The van der Waals surface area contributed by atoms with Gasteiger partial charge in [0.05, 0.1) is 4.90 Å². The molecule has 1 aliphatic carbocycles. The zero-order valence-electron chi connectivity index (χ0n) is 19.6. The van der Waals surface area contributed by atoms with Gasteiger partial charge in [-0.2, -0.15) is 8.42 Å². The number of esters is 1. The number of hydrogen-bond donors (Lipinski definition) is 0. The van der Waals surface area contributed by atoms with Crippen LogP contribution in [0.25, 0.3) is 0 Å². The van der Waals surface area contributed by atoms with Crippen LogP contribution in [0.2, 0.25) is 0 Å². The van der Waals surface area contributed by atoms with Gasteiger partial charge in [-0.1, -0.05) is 60.9 Å². The van der Waals surface area contributed by atoms with Gasteiger partial charge in [-0.15, -0.1) is 0 Å². The van der Waals surface area contributed by atoms with Gasteiger partial charge in [0.25, 0.3) is 16.0 Å². The molecule has 0 bridgehead atoms. The van der Waals surface area contributed by atoms with Crippen molar-refractivity contribution in [1.82, 2.24) is 4.90 Å². The summed E-state index contributed by atoms with van der Waals surface area (Å²) in [6, 6.07) is 14.8. The molecule has 7 nitrogen and oxygen atoms in total. The molecule has 2 aromatic carbocycles. The summed E-state index contributed by atoms with van der Waals surface area (Å²) in [4.78, 5) is 28.1. The van der Waals surface area contributed by atoms with Crippen molar-refractivity contribution in [2.45, 2.75) is 75.6 Å². The third kappa shape index (κ3) is 5.33. The number of amides is 1. The van der Waals surface area contributed by atoms with Gasteiger partial charge in [0.15, 0.2) is 6.10 Å². The van der Waals surface area contributed by atoms with E-state index in [-0.39, 0.29) is 23.5 Å². The quantitative estimate of drug-likeness (QED) is 0.435. The van der Waals surface area contributed by atoms with E-state index in [0.29, 0.717) is 6.42 Å². The number of carbonyl (C=O) groups is 2. The highest BCUT2D eigenvalue weighted by molar-refractivity contribution is 7.86. The van der Waals surface area contributed by atoms with Gasteiger partial charge in [-0.25, -0.2) is 4.79 Å². The standard InChI is InChI=1S/C26H31NO6S/c1-18-12-14-22(15-13-18)34(30,31)33-19(2)25(28)27-23-11-7-6-10-21(23)16-24(27)26(29)32-17-20-8-4-3-5-9-20/h3-5,8-9,12-15,19,21,23-24H,6-7,10-11,16-17H2,1-2H3/t19-,21?,23?,24?/m1/s1. The third-order valence-corrected chi connectivity index (χ3v) is 8.16. The summed E-state index contributed by atoms with van der Waals surface area (Å²) in [5, 5.41) is 0. The van der Waals surface area contributed by atoms with Gasteiger partial charge >= 0.3 is 5.97 Å². The first-order valence-electron chi connectivity index (χ1n) is 11.8. The Labute approximate surface area is 201 Å². The smallest absolute Gasteiger partial charge is 0.329 e. The van der Waals surface area contributed by atoms with Crippen molar-refractivity contribution in [2.24, 2.45) is 5.92 Å². The van der Waals surface area contributed by atoms with Crippen molar-refractivity contribution in [3.8, 4) is 0 Å². The molecule has 4 atom stereocenters. The van der Waals surface area contributed by atoms with Gasteiger partial charge in [0.2, 0.25) is 0 Å². The Bertz CT molecular complexity index is 1120. The maximum Gasteiger partial charge on any atom is 0.329 e. The Kier molecular flexibility index (Phi) is 7.38. The van der Waals surface area contributed by atoms with Crippen LogP contribution in [0.3, 0.4) is 0 Å². The lowest BCUT2D eigenvalue weighted by atomic mass is 9.84. The molecule has 1 amide bonds. The average Bonchev–Trinajstić information content (AvgIpc) is 3.22. The van der Waals surface area contributed by atoms with Crippen LogP contribution >= 0.6 is 0 Å². The summed E-state index contributed by atoms with van der Waals surface area (Å²) < 4.78 is 36.4. The van der Waals surface area contributed by atoms with Crippen molar-refractivity contribution in [2.75, 3.05) is 0 Å². The van der Waals surface area contributed by atoms with Gasteiger partial charge in [0.1, 0.15) is 12.6 Å². The van der Waals surface area contributed by atoms with Crippen LogP contribution in [0.15, 0.2) is 59.5 Å². The van der Waals surface area contributed by atoms with E-state index in [1.54, 1.807) is 17.0 Å². The van der Waals surface area contributed by atoms with E-state index >= 15 is 0 Å². The van der Waals surface area contributed by atoms with Crippen LogP contribution in [0.5, 0.6) is 0 Å². The van der Waals surface area contributed by atoms with Crippen LogP contribution in [0.4, 0.5) is 0 Å². The Balaban J connectivity index is 1.50. The topological polar surface area (TPSA) is 90.0 Å². The predicted octanol–water partition coefficient (Wildman–Crippen LogP) is 3.99. The number of ether oxygens (including phenoxy) is 1. The Hall–Kier alpha value is -2.71. The minimum absolute atomic E-state index is 0.00599. The number of benzene rings is 2. The fourth-order valence-corrected chi connectivity index (χ4v) is 6.06. The molecular formula is C26H31NO6S. The number of carbonyl (C=O) groups excluding carboxylic acids is 2. The highest BCUT2D eigenvalue weighted by Gasteiger charge is 2.49. The van der Waals surface area contributed by atoms with Crippen LogP contribution < -0.4 is 0 Å². The molecule has 1 saturated heterocycles. The van der Waals surface area contributed by atoms with Crippen molar-refractivity contribution in [3.05, 3.63) is 65.7 Å². The first-order chi connectivity index (χ1) is 16.3. The summed E-state index contributed by atoms with van der Waals surface area (Å²) in [5.74, 6) is -0.750. The molecule has 1 saturated carbocycles. The summed E-state index contributed by atoms with van der Waals surface area (Å²) in [7, 11) is -4.13. The first-order valence-corrected chi connectivity index (χ1v) is 13.2. The maximum atomic E-state index is 13.5. The van der Waals surface area contributed by atoms with E-state index < -0.39 is 34.1 Å². The van der Waals surface area contributed by atoms with Crippen LogP contribution in [-0.4, -0.2) is 43.4 Å². The lowest BCUT2D eigenvalue weighted by molar-refractivity contribution is -0.158. The van der Waals surface area contributed by atoms with E-state index in [1.807, 2.05) is 37.3 Å². The zero-order valence-corrected chi connectivity index (χ0v) is 20.4. The van der Waals surface area contributed by atoms with Gasteiger partial charge in [-0.3, -0.25) is 8.98 Å². The van der Waals surface area contributed by atoms with Crippen molar-refractivity contribution < 1.29 is 26.9 Å². The Morgan fingerprint density at radius 3 is 2.41 bits per heavy atom. The van der Waals surface area contributed by atoms with Crippen molar-refractivity contribution >= 4 is 22.0 Å². The second kappa shape index (κ2) is 10.3. The van der Waals surface area contributed by atoms with E-state index in [4.69, 9.17) is 8.92 Å². The van der Waals surface area contributed by atoms with Gasteiger partial charge < -0.3 is 9.64 Å². The summed E-state index contributed by atoms with van der Waals surface area (Å²) in [6.07, 6.45) is 3.03. The molecule has 4 rings (SSSR count). The third-order valence-electron chi connectivity index (χ3n) is 6.77. The number of hydrogen-bond acceptors (Lipinski definition) is 6. The highest BCUT2D eigenvalue weighted by Crippen LogP contribution is 2.40. The molecule has 0 radical (unpaired) electrons. The monoisotopic (exact) mass is 485 g/mol. The van der Waals surface area contributed by atoms with E-state index in [1.165, 1.54) is 19.1 Å². The van der Waals surface area contributed by atoms with Crippen LogP contribution in [0, 0.1) is 12.8 Å². The van der Waals surface area contributed by atoms with Gasteiger partial charge in [-0.05, 0) is 56.7 Å².